The van der Waals surface area contributed by atoms with E-state index in [0.29, 0.717) is 19.3 Å². The summed E-state index contributed by atoms with van der Waals surface area (Å²) in [5.74, 6) is 0.916. The van der Waals surface area contributed by atoms with Gasteiger partial charge in [-0.15, -0.1) is 0 Å². The van der Waals surface area contributed by atoms with Crippen LogP contribution >= 0.6 is 0 Å². The molecule has 0 fully saturated rings. The Bertz CT molecular complexity index is 1070. The molecule has 0 amide bonds. The van der Waals surface area contributed by atoms with E-state index in [1.165, 1.54) is 250 Å². The molecule has 0 aliphatic carbocycles. The zero-order valence-corrected chi connectivity index (χ0v) is 48.2. The van der Waals surface area contributed by atoms with Crippen molar-refractivity contribution in [3.05, 3.63) is 0 Å². The number of rotatable bonds is 58. The van der Waals surface area contributed by atoms with E-state index in [-0.39, 0.29) is 31.1 Å². The first-order valence-corrected chi connectivity index (χ1v) is 31.8. The van der Waals surface area contributed by atoms with Crippen LogP contribution in [0.15, 0.2) is 0 Å². The highest BCUT2D eigenvalue weighted by molar-refractivity contribution is 5.71. The average Bonchev–Trinajstić information content (AvgIpc) is 3.35. The summed E-state index contributed by atoms with van der Waals surface area (Å²) in [6, 6.07) is 0. The molecule has 0 aromatic carbocycles. The van der Waals surface area contributed by atoms with Gasteiger partial charge in [-0.05, 0) is 31.1 Å². The minimum absolute atomic E-state index is 0.0618. The number of unbranched alkanes of at least 4 members (excludes halogenated alkanes) is 42. The number of hydrogen-bond donors (Lipinski definition) is 0. The molecule has 0 bridgehead atoms. The van der Waals surface area contributed by atoms with Crippen LogP contribution in [-0.4, -0.2) is 37.2 Å². The van der Waals surface area contributed by atoms with Crippen LogP contribution in [0.2, 0.25) is 0 Å². The van der Waals surface area contributed by atoms with Gasteiger partial charge in [-0.25, -0.2) is 0 Å². The molecule has 2 atom stereocenters. The third-order valence-electron chi connectivity index (χ3n) is 15.1. The van der Waals surface area contributed by atoms with Crippen LogP contribution in [0.25, 0.3) is 0 Å². The monoisotopic (exact) mass is 989 g/mol. The summed E-state index contributed by atoms with van der Waals surface area (Å²) in [5.41, 5.74) is 0. The van der Waals surface area contributed by atoms with Gasteiger partial charge < -0.3 is 14.2 Å². The van der Waals surface area contributed by atoms with Crippen molar-refractivity contribution in [2.45, 2.75) is 368 Å². The molecule has 0 aliphatic heterocycles. The van der Waals surface area contributed by atoms with E-state index in [0.717, 1.165) is 69.6 Å². The molecule has 0 heterocycles. The minimum Gasteiger partial charge on any atom is -0.462 e. The molecule has 0 rings (SSSR count). The average molecular weight is 990 g/mol. The quantitative estimate of drug-likeness (QED) is 0.0343. The normalized spacial score (nSPS) is 12.4. The maximum atomic E-state index is 12.9. The summed E-state index contributed by atoms with van der Waals surface area (Å²) < 4.78 is 17.0. The molecule has 0 saturated heterocycles. The molecule has 0 N–H and O–H groups in total. The molecular weight excluding hydrogens is 865 g/mol. The zero-order valence-electron chi connectivity index (χ0n) is 48.2. The van der Waals surface area contributed by atoms with E-state index < -0.39 is 6.10 Å². The lowest BCUT2D eigenvalue weighted by Gasteiger charge is -2.18. The van der Waals surface area contributed by atoms with Gasteiger partial charge in [-0.2, -0.15) is 0 Å². The smallest absolute Gasteiger partial charge is 0.306 e. The molecule has 0 radical (unpaired) electrons. The van der Waals surface area contributed by atoms with Gasteiger partial charge >= 0.3 is 17.9 Å². The van der Waals surface area contributed by atoms with Crippen molar-refractivity contribution in [2.24, 2.45) is 11.8 Å². The van der Waals surface area contributed by atoms with Crippen LogP contribution in [0.1, 0.15) is 362 Å². The minimum atomic E-state index is -0.763. The first-order chi connectivity index (χ1) is 34.3. The van der Waals surface area contributed by atoms with E-state index in [1.807, 2.05) is 0 Å². The van der Waals surface area contributed by atoms with Crippen LogP contribution in [0.3, 0.4) is 0 Å². The zero-order chi connectivity index (χ0) is 51.1. The Labute approximate surface area is 438 Å². The molecular formula is C64H124O6. The Morgan fingerprint density at radius 2 is 0.543 bits per heavy atom. The van der Waals surface area contributed by atoms with Crippen LogP contribution in [0.5, 0.6) is 0 Å². The Morgan fingerprint density at radius 1 is 0.300 bits per heavy atom. The fourth-order valence-corrected chi connectivity index (χ4v) is 9.90. The van der Waals surface area contributed by atoms with Gasteiger partial charge in [0.05, 0.1) is 0 Å². The number of carbonyl (C=O) groups excluding carboxylic acids is 3. The third-order valence-corrected chi connectivity index (χ3v) is 15.1. The summed E-state index contributed by atoms with van der Waals surface area (Å²) in [4.78, 5) is 38.3. The number of esters is 3. The first-order valence-electron chi connectivity index (χ1n) is 31.8. The van der Waals surface area contributed by atoms with Crippen LogP contribution in [-0.2, 0) is 28.6 Å². The standard InChI is InChI=1S/C64H124O6/c1-6-8-9-10-11-12-13-14-17-24-29-34-39-44-49-54-62(65)68-57-61(58-69-63(66)55-50-45-40-35-30-25-21-20-23-28-33-38-43-48-53-60(5)7-2)70-64(67)56-51-46-41-36-31-26-19-16-15-18-22-27-32-37-42-47-52-59(3)4/h59-61H,6-58H2,1-5H3/t60?,61-/m0/s1. The van der Waals surface area contributed by atoms with Crippen molar-refractivity contribution in [2.75, 3.05) is 13.2 Å². The van der Waals surface area contributed by atoms with Crippen molar-refractivity contribution < 1.29 is 28.6 Å². The van der Waals surface area contributed by atoms with Gasteiger partial charge in [-0.1, -0.05) is 324 Å². The molecule has 0 spiro atoms. The van der Waals surface area contributed by atoms with Crippen molar-refractivity contribution in [1.29, 1.82) is 0 Å². The Morgan fingerprint density at radius 3 is 0.814 bits per heavy atom. The van der Waals surface area contributed by atoms with Gasteiger partial charge in [0.25, 0.3) is 0 Å². The van der Waals surface area contributed by atoms with E-state index >= 15 is 0 Å². The molecule has 6 heteroatoms. The molecule has 0 saturated carbocycles. The Balaban J connectivity index is 4.29. The number of hydrogen-bond acceptors (Lipinski definition) is 6. The molecule has 416 valence electrons. The third kappa shape index (κ3) is 55.7. The molecule has 0 aromatic heterocycles. The lowest BCUT2D eigenvalue weighted by molar-refractivity contribution is -0.167. The predicted molar refractivity (Wildman–Crippen MR) is 303 cm³/mol. The van der Waals surface area contributed by atoms with E-state index in [1.54, 1.807) is 0 Å². The van der Waals surface area contributed by atoms with Crippen molar-refractivity contribution >= 4 is 17.9 Å². The molecule has 70 heavy (non-hydrogen) atoms. The van der Waals surface area contributed by atoms with E-state index in [9.17, 15) is 14.4 Å². The van der Waals surface area contributed by atoms with Crippen molar-refractivity contribution in [3.8, 4) is 0 Å². The highest BCUT2D eigenvalue weighted by Crippen LogP contribution is 2.19. The first kappa shape index (κ1) is 68.4. The topological polar surface area (TPSA) is 78.9 Å². The van der Waals surface area contributed by atoms with Gasteiger partial charge in [0, 0.05) is 19.3 Å². The highest BCUT2D eigenvalue weighted by Gasteiger charge is 2.19. The summed E-state index contributed by atoms with van der Waals surface area (Å²) in [7, 11) is 0. The summed E-state index contributed by atoms with van der Waals surface area (Å²) in [5, 5.41) is 0. The SMILES string of the molecule is CCCCCCCCCCCCCCCCCC(=O)OC[C@@H](COC(=O)CCCCCCCCCCCCCCCCC(C)CC)OC(=O)CCCCCCCCCCCCCCCCCCC(C)C. The van der Waals surface area contributed by atoms with Gasteiger partial charge in [-0.3, -0.25) is 14.4 Å². The van der Waals surface area contributed by atoms with Gasteiger partial charge in [0.1, 0.15) is 13.2 Å². The number of carbonyl (C=O) groups is 3. The summed E-state index contributed by atoms with van der Waals surface area (Å²) in [6.07, 6.45) is 62.3. The molecule has 6 nitrogen and oxygen atoms in total. The predicted octanol–water partition coefficient (Wildman–Crippen LogP) is 21.2. The second kappa shape index (κ2) is 56.7. The second-order valence-corrected chi connectivity index (χ2v) is 22.8. The fraction of sp³-hybridized carbons (Fsp3) is 0.953. The Hall–Kier alpha value is -1.59. The van der Waals surface area contributed by atoms with Crippen molar-refractivity contribution in [3.63, 3.8) is 0 Å². The second-order valence-electron chi connectivity index (χ2n) is 22.8. The maximum Gasteiger partial charge on any atom is 0.306 e. The lowest BCUT2D eigenvalue weighted by Crippen LogP contribution is -2.30. The van der Waals surface area contributed by atoms with Crippen LogP contribution in [0.4, 0.5) is 0 Å². The fourth-order valence-electron chi connectivity index (χ4n) is 9.90. The largest absolute Gasteiger partial charge is 0.462 e. The summed E-state index contributed by atoms with van der Waals surface area (Å²) in [6.45, 7) is 11.5. The molecule has 1 unspecified atom stereocenters. The molecule has 0 aromatic rings. The molecule has 0 aliphatic rings. The maximum absolute atomic E-state index is 12.9. The highest BCUT2D eigenvalue weighted by atomic mass is 16.6. The van der Waals surface area contributed by atoms with Crippen LogP contribution < -0.4 is 0 Å². The van der Waals surface area contributed by atoms with E-state index in [2.05, 4.69) is 34.6 Å². The van der Waals surface area contributed by atoms with Gasteiger partial charge in [0.2, 0.25) is 0 Å². The van der Waals surface area contributed by atoms with E-state index in [4.69, 9.17) is 14.2 Å². The lowest BCUT2D eigenvalue weighted by atomic mass is 9.99. The Kier molecular flexibility index (Phi) is 55.4. The van der Waals surface area contributed by atoms with Gasteiger partial charge in [0.15, 0.2) is 6.10 Å². The number of ether oxygens (including phenoxy) is 3. The van der Waals surface area contributed by atoms with Crippen LogP contribution in [0, 0.1) is 11.8 Å². The van der Waals surface area contributed by atoms with Crippen molar-refractivity contribution in [1.82, 2.24) is 0 Å². The summed E-state index contributed by atoms with van der Waals surface area (Å²) >= 11 is 0.